The highest BCUT2D eigenvalue weighted by molar-refractivity contribution is 5.85. The first-order valence-electron chi connectivity index (χ1n) is 5.15. The molecule has 0 aliphatic rings. The van der Waals surface area contributed by atoms with Crippen molar-refractivity contribution in [2.45, 2.75) is 19.9 Å². The molecule has 0 heterocycles. The van der Waals surface area contributed by atoms with E-state index in [0.29, 0.717) is 11.3 Å². The molecule has 1 atom stereocenters. The quantitative estimate of drug-likeness (QED) is 0.773. The van der Waals surface area contributed by atoms with E-state index in [9.17, 15) is 10.2 Å². The zero-order chi connectivity index (χ0) is 12.3. The molecule has 0 amide bonds. The summed E-state index contributed by atoms with van der Waals surface area (Å²) in [6, 6.07) is 4.55. The third-order valence-corrected chi connectivity index (χ3v) is 2.82. The Hall–Kier alpha value is -0.970. The molecule has 0 bridgehead atoms. The summed E-state index contributed by atoms with van der Waals surface area (Å²) < 4.78 is 4.99. The lowest BCUT2D eigenvalue weighted by Gasteiger charge is -2.30. The molecule has 0 aliphatic heterocycles. The predicted octanol–water partition coefficient (Wildman–Crippen LogP) is 1.84. The van der Waals surface area contributed by atoms with Crippen LogP contribution >= 0.6 is 12.4 Å². The summed E-state index contributed by atoms with van der Waals surface area (Å²) >= 11 is 0. The normalized spacial score (nSPS) is 12.8. The van der Waals surface area contributed by atoms with Gasteiger partial charge >= 0.3 is 0 Å². The number of halogens is 1. The standard InChI is InChI=1S/C12H19NO3.ClH/c1-12(2,7-14)11(13)9-5-4-8(16-3)6-10(9)15;/h4-6,11,14-15H,7,13H2,1-3H3;1H/t11-;/m0./s1. The highest BCUT2D eigenvalue weighted by Crippen LogP contribution is 2.36. The summed E-state index contributed by atoms with van der Waals surface area (Å²) in [5.74, 6) is 0.670. The van der Waals surface area contributed by atoms with Gasteiger partial charge in [0, 0.05) is 29.7 Å². The lowest BCUT2D eigenvalue weighted by molar-refractivity contribution is 0.131. The first-order chi connectivity index (χ1) is 7.42. The van der Waals surface area contributed by atoms with Gasteiger partial charge in [0.05, 0.1) is 7.11 Å². The first kappa shape index (κ1) is 16.0. The summed E-state index contributed by atoms with van der Waals surface area (Å²) in [4.78, 5) is 0. The summed E-state index contributed by atoms with van der Waals surface area (Å²) in [7, 11) is 1.53. The Balaban J connectivity index is 0.00000256. The van der Waals surface area contributed by atoms with E-state index >= 15 is 0 Å². The van der Waals surface area contributed by atoms with E-state index in [4.69, 9.17) is 10.5 Å². The third-order valence-electron chi connectivity index (χ3n) is 2.82. The Morgan fingerprint density at radius 2 is 2.00 bits per heavy atom. The van der Waals surface area contributed by atoms with Gasteiger partial charge in [0.25, 0.3) is 0 Å². The fourth-order valence-electron chi connectivity index (χ4n) is 1.43. The predicted molar refractivity (Wildman–Crippen MR) is 69.7 cm³/mol. The van der Waals surface area contributed by atoms with Crippen LogP contribution in [0.25, 0.3) is 0 Å². The zero-order valence-electron chi connectivity index (χ0n) is 10.3. The molecule has 0 spiro atoms. The molecule has 0 aromatic heterocycles. The Bertz CT molecular complexity index is 369. The van der Waals surface area contributed by atoms with Gasteiger partial charge in [-0.25, -0.2) is 0 Å². The molecule has 1 aromatic rings. The van der Waals surface area contributed by atoms with Gasteiger partial charge in [-0.15, -0.1) is 12.4 Å². The zero-order valence-corrected chi connectivity index (χ0v) is 11.1. The molecule has 1 aromatic carbocycles. The molecular formula is C12H20ClNO3. The van der Waals surface area contributed by atoms with Crippen LogP contribution in [0, 0.1) is 5.41 Å². The molecule has 0 fully saturated rings. The molecule has 0 saturated carbocycles. The van der Waals surface area contributed by atoms with Crippen LogP contribution in [0.4, 0.5) is 0 Å². The van der Waals surface area contributed by atoms with Crippen molar-refractivity contribution in [2.24, 2.45) is 11.1 Å². The van der Waals surface area contributed by atoms with Gasteiger partial charge in [-0.1, -0.05) is 19.9 Å². The second-order valence-corrected chi connectivity index (χ2v) is 4.55. The number of phenolic OH excluding ortho intramolecular Hbond substituents is 1. The van der Waals surface area contributed by atoms with Gasteiger partial charge in [-0.05, 0) is 6.07 Å². The number of nitrogens with two attached hydrogens (primary N) is 1. The molecule has 0 radical (unpaired) electrons. The van der Waals surface area contributed by atoms with E-state index in [1.165, 1.54) is 13.2 Å². The molecule has 0 aliphatic carbocycles. The van der Waals surface area contributed by atoms with Crippen LogP contribution in [0.15, 0.2) is 18.2 Å². The minimum absolute atomic E-state index is 0. The van der Waals surface area contributed by atoms with Crippen molar-refractivity contribution in [1.82, 2.24) is 0 Å². The molecule has 4 nitrogen and oxygen atoms in total. The van der Waals surface area contributed by atoms with Gasteiger partial charge in [0.1, 0.15) is 11.5 Å². The van der Waals surface area contributed by atoms with Crippen LogP contribution in [0.3, 0.4) is 0 Å². The number of aliphatic hydroxyl groups excluding tert-OH is 1. The maximum Gasteiger partial charge on any atom is 0.124 e. The van der Waals surface area contributed by atoms with Gasteiger partial charge in [0.15, 0.2) is 0 Å². The maximum atomic E-state index is 9.81. The molecule has 5 heteroatoms. The number of methoxy groups -OCH3 is 1. The first-order valence-corrected chi connectivity index (χ1v) is 5.15. The van der Waals surface area contributed by atoms with Crippen LogP contribution in [0.2, 0.25) is 0 Å². The molecule has 17 heavy (non-hydrogen) atoms. The number of rotatable bonds is 4. The average molecular weight is 262 g/mol. The summed E-state index contributed by atoms with van der Waals surface area (Å²) in [5, 5.41) is 19.0. The number of hydrogen-bond donors (Lipinski definition) is 3. The van der Waals surface area contributed by atoms with Gasteiger partial charge < -0.3 is 20.7 Å². The Kier molecular flexibility index (Phi) is 5.75. The fraction of sp³-hybridized carbons (Fsp3) is 0.500. The number of phenols is 1. The summed E-state index contributed by atoms with van der Waals surface area (Å²) in [5.41, 5.74) is 6.15. The Morgan fingerprint density at radius 1 is 1.41 bits per heavy atom. The summed E-state index contributed by atoms with van der Waals surface area (Å²) in [6.45, 7) is 3.66. The van der Waals surface area contributed by atoms with Crippen LogP contribution in [0.5, 0.6) is 11.5 Å². The number of aliphatic hydroxyl groups is 1. The van der Waals surface area contributed by atoms with Gasteiger partial charge in [-0.2, -0.15) is 0 Å². The Morgan fingerprint density at radius 3 is 2.41 bits per heavy atom. The van der Waals surface area contributed by atoms with E-state index in [2.05, 4.69) is 0 Å². The SMILES string of the molecule is COc1ccc([C@H](N)C(C)(C)CO)c(O)c1.Cl. The van der Waals surface area contributed by atoms with E-state index in [0.717, 1.165) is 0 Å². The highest BCUT2D eigenvalue weighted by Gasteiger charge is 2.28. The molecule has 0 unspecified atom stereocenters. The molecule has 1 rings (SSSR count). The number of ether oxygens (including phenoxy) is 1. The van der Waals surface area contributed by atoms with Crippen molar-refractivity contribution in [3.05, 3.63) is 23.8 Å². The second kappa shape index (κ2) is 6.10. The number of aromatic hydroxyl groups is 1. The average Bonchev–Trinajstić information content (AvgIpc) is 2.28. The monoisotopic (exact) mass is 261 g/mol. The van der Waals surface area contributed by atoms with Crippen molar-refractivity contribution < 1.29 is 14.9 Å². The molecular weight excluding hydrogens is 242 g/mol. The second-order valence-electron chi connectivity index (χ2n) is 4.55. The smallest absolute Gasteiger partial charge is 0.124 e. The molecule has 98 valence electrons. The number of hydrogen-bond acceptors (Lipinski definition) is 4. The minimum Gasteiger partial charge on any atom is -0.507 e. The van der Waals surface area contributed by atoms with Gasteiger partial charge in [-0.3, -0.25) is 0 Å². The highest BCUT2D eigenvalue weighted by atomic mass is 35.5. The topological polar surface area (TPSA) is 75.7 Å². The Labute approximate surface area is 108 Å². The minimum atomic E-state index is -0.480. The van der Waals surface area contributed by atoms with E-state index < -0.39 is 11.5 Å². The van der Waals surface area contributed by atoms with Crippen LogP contribution in [-0.2, 0) is 0 Å². The van der Waals surface area contributed by atoms with E-state index in [-0.39, 0.29) is 24.8 Å². The lowest BCUT2D eigenvalue weighted by Crippen LogP contribution is -2.32. The van der Waals surface area contributed by atoms with Crippen LogP contribution < -0.4 is 10.5 Å². The van der Waals surface area contributed by atoms with Gasteiger partial charge in [0.2, 0.25) is 0 Å². The van der Waals surface area contributed by atoms with Crippen molar-refractivity contribution in [1.29, 1.82) is 0 Å². The lowest BCUT2D eigenvalue weighted by atomic mass is 9.81. The largest absolute Gasteiger partial charge is 0.507 e. The summed E-state index contributed by atoms with van der Waals surface area (Å²) in [6.07, 6.45) is 0. The van der Waals surface area contributed by atoms with Crippen LogP contribution in [0.1, 0.15) is 25.5 Å². The van der Waals surface area contributed by atoms with Crippen molar-refractivity contribution >= 4 is 12.4 Å². The van der Waals surface area contributed by atoms with Crippen LogP contribution in [-0.4, -0.2) is 23.9 Å². The molecule has 0 saturated heterocycles. The van der Waals surface area contributed by atoms with Crippen molar-refractivity contribution in [3.63, 3.8) is 0 Å². The van der Waals surface area contributed by atoms with Crippen molar-refractivity contribution in [3.8, 4) is 11.5 Å². The fourth-order valence-corrected chi connectivity index (χ4v) is 1.43. The molecule has 4 N–H and O–H groups in total. The third kappa shape index (κ3) is 3.49. The maximum absolute atomic E-state index is 9.81. The van der Waals surface area contributed by atoms with E-state index in [1.54, 1.807) is 12.1 Å². The van der Waals surface area contributed by atoms with Crippen molar-refractivity contribution in [2.75, 3.05) is 13.7 Å². The van der Waals surface area contributed by atoms with E-state index in [1.807, 2.05) is 13.8 Å². The number of benzene rings is 1.